The highest BCUT2D eigenvalue weighted by Crippen LogP contribution is 2.54. The van der Waals surface area contributed by atoms with Crippen molar-refractivity contribution >= 4 is 46.4 Å². The van der Waals surface area contributed by atoms with Gasteiger partial charge in [0.2, 0.25) is 6.29 Å². The Labute approximate surface area is 415 Å². The van der Waals surface area contributed by atoms with Crippen molar-refractivity contribution in [3.8, 4) is 11.1 Å². The second-order valence-electron chi connectivity index (χ2n) is 20.6. The fourth-order valence-electron chi connectivity index (χ4n) is 10.4. The van der Waals surface area contributed by atoms with Crippen LogP contribution in [0.2, 0.25) is 0 Å². The van der Waals surface area contributed by atoms with Gasteiger partial charge in [0.25, 0.3) is 0 Å². The van der Waals surface area contributed by atoms with Crippen LogP contribution in [0.5, 0.6) is 0 Å². The molecule has 0 unspecified atom stereocenters. The molecule has 1 aliphatic rings. The minimum absolute atomic E-state index is 0.178. The molecule has 0 aliphatic heterocycles. The summed E-state index contributed by atoms with van der Waals surface area (Å²) < 4.78 is 5.32. The Morgan fingerprint density at radius 3 is 1.04 bits per heavy atom. The van der Waals surface area contributed by atoms with Gasteiger partial charge in [-0.05, 0) is 158 Å². The van der Waals surface area contributed by atoms with Crippen LogP contribution in [0.15, 0.2) is 182 Å². The maximum Gasteiger partial charge on any atom is 0.371 e. The van der Waals surface area contributed by atoms with Gasteiger partial charge in [-0.2, -0.15) is 0 Å². The van der Waals surface area contributed by atoms with Crippen LogP contribution in [0.25, 0.3) is 11.1 Å². The van der Waals surface area contributed by atoms with E-state index in [0.717, 1.165) is 40.5 Å². The minimum Gasteiger partial charge on any atom is -0.460 e. The summed E-state index contributed by atoms with van der Waals surface area (Å²) in [6.07, 6.45) is 1.59. The number of ether oxygens (including phenoxy) is 1. The van der Waals surface area contributed by atoms with Gasteiger partial charge in [-0.3, -0.25) is 4.79 Å². The van der Waals surface area contributed by atoms with Gasteiger partial charge in [-0.1, -0.05) is 166 Å². The van der Waals surface area contributed by atoms with Crippen molar-refractivity contribution in [2.24, 2.45) is 0 Å². The van der Waals surface area contributed by atoms with Gasteiger partial charge in [0, 0.05) is 50.4 Å². The molecule has 0 atom stereocenters. The number of carbonyl (C=O) groups excluding carboxylic acids is 2. The van der Waals surface area contributed by atoms with Gasteiger partial charge in [-0.25, -0.2) is 4.79 Å². The molecule has 0 amide bonds. The van der Waals surface area contributed by atoms with E-state index in [1.807, 2.05) is 0 Å². The molecule has 8 aromatic carbocycles. The number of anilines is 6. The van der Waals surface area contributed by atoms with Crippen LogP contribution in [0.1, 0.15) is 103 Å². The van der Waals surface area contributed by atoms with E-state index >= 15 is 0 Å². The number of benzene rings is 8. The zero-order valence-electron chi connectivity index (χ0n) is 42.1. The van der Waals surface area contributed by atoms with Crippen molar-refractivity contribution in [1.29, 1.82) is 0 Å². The predicted octanol–water partition coefficient (Wildman–Crippen LogP) is 16.3. The van der Waals surface area contributed by atoms with Crippen LogP contribution in [-0.2, 0) is 30.6 Å². The Kier molecular flexibility index (Phi) is 13.0. The molecule has 9 rings (SSSR count). The van der Waals surface area contributed by atoms with E-state index < -0.39 is 11.4 Å². The van der Waals surface area contributed by atoms with E-state index in [9.17, 15) is 9.59 Å². The van der Waals surface area contributed by atoms with E-state index in [-0.39, 0.29) is 23.7 Å². The van der Waals surface area contributed by atoms with E-state index in [1.165, 1.54) is 66.8 Å². The number of esters is 1. The Morgan fingerprint density at radius 2 is 0.743 bits per heavy atom. The lowest BCUT2D eigenvalue weighted by Crippen LogP contribution is -2.25. The first-order valence-corrected chi connectivity index (χ1v) is 24.6. The molecule has 5 nitrogen and oxygen atoms in total. The summed E-state index contributed by atoms with van der Waals surface area (Å²) in [6, 6.07) is 67.0. The highest BCUT2D eigenvalue weighted by Gasteiger charge is 2.41. The fraction of sp³-hybridized carbons (Fsp3) is 0.231. The summed E-state index contributed by atoms with van der Waals surface area (Å²) in [5.41, 5.74) is 20.4. The third-order valence-electron chi connectivity index (χ3n) is 15.0. The van der Waals surface area contributed by atoms with Crippen LogP contribution in [0.3, 0.4) is 0 Å². The second kappa shape index (κ2) is 19.1. The zero-order valence-corrected chi connectivity index (χ0v) is 42.1. The Bertz CT molecular complexity index is 2860. The lowest BCUT2D eigenvalue weighted by Gasteiger charge is -2.33. The number of rotatable bonds is 15. The average Bonchev–Trinajstić information content (AvgIpc) is 3.62. The first-order valence-electron chi connectivity index (χ1n) is 24.6. The van der Waals surface area contributed by atoms with Gasteiger partial charge in [0.1, 0.15) is 0 Å². The lowest BCUT2D eigenvalue weighted by atomic mass is 9.71. The molecule has 0 radical (unpaired) electrons. The summed E-state index contributed by atoms with van der Waals surface area (Å²) in [4.78, 5) is 27.7. The standard InChI is InChI=1S/C65H64N2O3/c1-44-11-25-52(26-12-44)66(53-27-13-45(2)14-28-53)56-33-19-48(20-34-56)63(5,6)50-23-37-58-59-38-24-51(42-61(59)65(9,60(58)41-50)39-10-40-70-62(69)43-68)64(7,8)49-21-35-57(36-22-49)67(54-29-15-46(3)16-30-54)55-31-17-47(4)18-32-55/h11-38,41-43H,10,39-40H2,1-9H3. The minimum atomic E-state index is -0.829. The molecule has 0 N–H and O–H groups in total. The van der Waals surface area contributed by atoms with Crippen LogP contribution < -0.4 is 9.80 Å². The Morgan fingerprint density at radius 1 is 0.457 bits per heavy atom. The van der Waals surface area contributed by atoms with Gasteiger partial charge in [-0.15, -0.1) is 0 Å². The molecule has 70 heavy (non-hydrogen) atoms. The van der Waals surface area contributed by atoms with Crippen molar-refractivity contribution in [3.63, 3.8) is 0 Å². The molecule has 0 bridgehead atoms. The quantitative estimate of drug-likeness (QED) is 0.0444. The number of carbonyl (C=O) groups is 2. The third-order valence-corrected chi connectivity index (χ3v) is 15.0. The van der Waals surface area contributed by atoms with Gasteiger partial charge in [0.05, 0.1) is 6.61 Å². The van der Waals surface area contributed by atoms with E-state index in [1.54, 1.807) is 0 Å². The number of aldehydes is 1. The summed E-state index contributed by atoms with van der Waals surface area (Å²) in [5.74, 6) is -0.829. The average molecular weight is 921 g/mol. The molecular weight excluding hydrogens is 857 g/mol. The fourth-order valence-corrected chi connectivity index (χ4v) is 10.4. The van der Waals surface area contributed by atoms with Crippen molar-refractivity contribution in [1.82, 2.24) is 0 Å². The zero-order chi connectivity index (χ0) is 49.4. The highest BCUT2D eigenvalue weighted by molar-refractivity contribution is 6.20. The van der Waals surface area contributed by atoms with E-state index in [4.69, 9.17) is 4.74 Å². The molecule has 8 aromatic rings. The molecule has 1 aliphatic carbocycles. The van der Waals surface area contributed by atoms with E-state index in [2.05, 4.69) is 254 Å². The van der Waals surface area contributed by atoms with Crippen LogP contribution in [0, 0.1) is 27.7 Å². The molecule has 0 saturated carbocycles. The van der Waals surface area contributed by atoms with Crippen LogP contribution >= 0.6 is 0 Å². The van der Waals surface area contributed by atoms with Gasteiger partial charge in [0.15, 0.2) is 0 Å². The van der Waals surface area contributed by atoms with Crippen molar-refractivity contribution in [2.75, 3.05) is 16.4 Å². The number of fused-ring (bicyclic) bond motifs is 3. The monoisotopic (exact) mass is 920 g/mol. The second-order valence-corrected chi connectivity index (χ2v) is 20.6. The predicted molar refractivity (Wildman–Crippen MR) is 290 cm³/mol. The first kappa shape index (κ1) is 47.6. The molecule has 0 fully saturated rings. The third kappa shape index (κ3) is 9.21. The van der Waals surface area contributed by atoms with Crippen LogP contribution in [-0.4, -0.2) is 18.9 Å². The summed E-state index contributed by atoms with van der Waals surface area (Å²) in [6.45, 7) is 20.2. The van der Waals surface area contributed by atoms with Gasteiger partial charge < -0.3 is 14.5 Å². The summed E-state index contributed by atoms with van der Waals surface area (Å²) in [5, 5.41) is 0. The molecule has 0 saturated heterocycles. The number of hydrogen-bond acceptors (Lipinski definition) is 5. The van der Waals surface area contributed by atoms with Crippen molar-refractivity contribution in [3.05, 3.63) is 238 Å². The van der Waals surface area contributed by atoms with Crippen molar-refractivity contribution in [2.45, 2.75) is 91.4 Å². The molecule has 352 valence electrons. The molecular formula is C65H64N2O3. The van der Waals surface area contributed by atoms with Gasteiger partial charge >= 0.3 is 5.97 Å². The highest BCUT2D eigenvalue weighted by atomic mass is 16.5. The number of aryl methyl sites for hydroxylation is 4. The largest absolute Gasteiger partial charge is 0.460 e. The lowest BCUT2D eigenvalue weighted by molar-refractivity contribution is -0.148. The topological polar surface area (TPSA) is 49.9 Å². The smallest absolute Gasteiger partial charge is 0.371 e. The maximum atomic E-state index is 11.9. The first-order chi connectivity index (χ1) is 33.6. The molecule has 0 spiro atoms. The normalized spacial score (nSPS) is 12.8. The Balaban J connectivity index is 1.04. The maximum absolute atomic E-state index is 11.9. The SMILES string of the molecule is Cc1ccc(N(c2ccc(C)cc2)c2ccc(C(C)(C)c3ccc4c(c3)C(C)(CCCOC(=O)C=O)c3cc(C(C)(C)c5ccc(N(c6ccc(C)cc6)c6ccc(C)cc6)cc5)ccc3-4)cc2)cc1. The number of nitrogens with zero attached hydrogens (tertiary/aromatic N) is 2. The summed E-state index contributed by atoms with van der Waals surface area (Å²) in [7, 11) is 0. The molecule has 0 heterocycles. The summed E-state index contributed by atoms with van der Waals surface area (Å²) >= 11 is 0. The van der Waals surface area contributed by atoms with E-state index in [0.29, 0.717) is 6.42 Å². The van der Waals surface area contributed by atoms with Crippen LogP contribution in [0.4, 0.5) is 34.1 Å². The number of hydrogen-bond donors (Lipinski definition) is 0. The molecule has 0 aromatic heterocycles. The van der Waals surface area contributed by atoms with Crippen molar-refractivity contribution < 1.29 is 14.3 Å². The Hall–Kier alpha value is -7.50. The molecule has 5 heteroatoms.